The molecule has 0 radical (unpaired) electrons. The molecule has 8 heteroatoms. The lowest BCUT2D eigenvalue weighted by Crippen LogP contribution is -2.38. The van der Waals surface area contributed by atoms with E-state index in [2.05, 4.69) is 41.8 Å². The van der Waals surface area contributed by atoms with Crippen molar-refractivity contribution in [2.45, 2.75) is 106 Å². The molecule has 0 saturated carbocycles. The number of carboxylic acid groups (broad SMARTS) is 1. The van der Waals surface area contributed by atoms with E-state index in [1.165, 1.54) is 11.1 Å². The van der Waals surface area contributed by atoms with Crippen LogP contribution in [-0.4, -0.2) is 57.9 Å². The van der Waals surface area contributed by atoms with Gasteiger partial charge < -0.3 is 19.8 Å². The van der Waals surface area contributed by atoms with E-state index in [1.54, 1.807) is 32.9 Å². The van der Waals surface area contributed by atoms with Gasteiger partial charge in [-0.25, -0.2) is 4.39 Å². The molecular formula is C39H54FN3O4. The van der Waals surface area contributed by atoms with Crippen molar-refractivity contribution in [3.63, 3.8) is 0 Å². The number of aliphatic carboxylic acids is 1. The molecule has 0 spiro atoms. The van der Waals surface area contributed by atoms with Crippen molar-refractivity contribution in [3.8, 4) is 11.1 Å². The predicted octanol–water partition coefficient (Wildman–Crippen LogP) is 7.63. The number of hydrogen-bond donors (Lipinski definition) is 2. The fourth-order valence-corrected chi connectivity index (χ4v) is 6.42. The van der Waals surface area contributed by atoms with Gasteiger partial charge in [-0.3, -0.25) is 14.7 Å². The Morgan fingerprint density at radius 2 is 1.72 bits per heavy atom. The summed E-state index contributed by atoms with van der Waals surface area (Å²) in [4.78, 5) is 21.8. The number of anilines is 1. The fraction of sp³-hybridized carbons (Fsp3) is 0.538. The lowest BCUT2D eigenvalue weighted by Gasteiger charge is -2.40. The summed E-state index contributed by atoms with van der Waals surface area (Å²) in [6, 6.07) is 11.7. The molecule has 2 aliphatic rings. The average molecular weight is 648 g/mol. The van der Waals surface area contributed by atoms with Crippen LogP contribution in [0.25, 0.3) is 11.1 Å². The Kier molecular flexibility index (Phi) is 11.9. The highest BCUT2D eigenvalue weighted by atomic mass is 19.1. The highest BCUT2D eigenvalue weighted by Gasteiger charge is 2.31. The summed E-state index contributed by atoms with van der Waals surface area (Å²) < 4.78 is 19.5. The van der Waals surface area contributed by atoms with Gasteiger partial charge in [-0.15, -0.1) is 0 Å². The van der Waals surface area contributed by atoms with Gasteiger partial charge in [-0.2, -0.15) is 0 Å². The number of ether oxygens (including phenoxy) is 1. The molecule has 0 unspecified atom stereocenters. The molecule has 1 fully saturated rings. The maximum atomic E-state index is 13.6. The van der Waals surface area contributed by atoms with Crippen LogP contribution in [0.1, 0.15) is 93.6 Å². The van der Waals surface area contributed by atoms with Crippen LogP contribution in [-0.2, 0) is 42.1 Å². The number of nitrogens with zero attached hydrogens (tertiary/aromatic N) is 3. The molecule has 2 N–H and O–H groups in total. The molecule has 47 heavy (non-hydrogen) atoms. The minimum absolute atomic E-state index is 0.0569. The lowest BCUT2D eigenvalue weighted by molar-refractivity contribution is -0.136. The number of rotatable bonds is 9. The number of fused-ring (bicyclic) bond motifs is 1. The van der Waals surface area contributed by atoms with Gasteiger partial charge in [0.2, 0.25) is 0 Å². The summed E-state index contributed by atoms with van der Waals surface area (Å²) >= 11 is 0. The molecule has 2 aliphatic heterocycles. The van der Waals surface area contributed by atoms with Crippen LogP contribution in [0.3, 0.4) is 0 Å². The van der Waals surface area contributed by atoms with Crippen LogP contribution in [0, 0.1) is 25.1 Å². The number of piperidine rings is 1. The number of aryl methyl sites for hydroxylation is 2. The van der Waals surface area contributed by atoms with Crippen LogP contribution in [0.5, 0.6) is 0 Å². The van der Waals surface area contributed by atoms with E-state index in [0.717, 1.165) is 96.9 Å². The largest absolute Gasteiger partial charge is 0.481 e. The number of hydrogen-bond acceptors (Lipinski definition) is 6. The van der Waals surface area contributed by atoms with E-state index in [-0.39, 0.29) is 17.7 Å². The zero-order valence-electron chi connectivity index (χ0n) is 29.7. The summed E-state index contributed by atoms with van der Waals surface area (Å²) in [5.74, 6) is -1.04. The number of carboxylic acids is 1. The normalized spacial score (nSPS) is 16.3. The third-order valence-electron chi connectivity index (χ3n) is 9.04. The van der Waals surface area contributed by atoms with Crippen molar-refractivity contribution >= 4 is 11.7 Å². The molecule has 0 amide bonds. The first-order chi connectivity index (χ1) is 22.0. The van der Waals surface area contributed by atoms with Gasteiger partial charge >= 0.3 is 5.97 Å². The van der Waals surface area contributed by atoms with Crippen LogP contribution in [0.15, 0.2) is 36.4 Å². The number of aliphatic hydroxyl groups is 1. The SMILES string of the molecule is CC(C)(C)O.CCOCc1nc(C)c(CC(=O)O)c(N2CCC(C)(C)CC2)c1-c1ccc2c(c1)CCN(Cc1ccc(F)cc1C)C2. The Hall–Kier alpha value is -3.33. The first-order valence-electron chi connectivity index (χ1n) is 16.9. The van der Waals surface area contributed by atoms with Gasteiger partial charge in [0.25, 0.3) is 0 Å². The molecule has 0 atom stereocenters. The van der Waals surface area contributed by atoms with E-state index >= 15 is 0 Å². The summed E-state index contributed by atoms with van der Waals surface area (Å²) in [6.45, 7) is 21.0. The second-order valence-electron chi connectivity index (χ2n) is 14.9. The van der Waals surface area contributed by atoms with Gasteiger partial charge in [0.05, 0.1) is 30.0 Å². The van der Waals surface area contributed by atoms with Gasteiger partial charge in [-0.05, 0) is 106 Å². The molecular weight excluding hydrogens is 593 g/mol. The number of benzene rings is 2. The topological polar surface area (TPSA) is 86.1 Å². The van der Waals surface area contributed by atoms with E-state index in [4.69, 9.17) is 14.8 Å². The molecule has 5 rings (SSSR count). The van der Waals surface area contributed by atoms with Crippen LogP contribution < -0.4 is 4.90 Å². The van der Waals surface area contributed by atoms with Crippen molar-refractivity contribution in [1.82, 2.24) is 9.88 Å². The Labute approximate surface area is 280 Å². The monoisotopic (exact) mass is 647 g/mol. The van der Waals surface area contributed by atoms with Crippen LogP contribution in [0.2, 0.25) is 0 Å². The van der Waals surface area contributed by atoms with Crippen molar-refractivity contribution in [2.75, 3.05) is 31.1 Å². The molecule has 7 nitrogen and oxygen atoms in total. The first-order valence-corrected chi connectivity index (χ1v) is 16.9. The summed E-state index contributed by atoms with van der Waals surface area (Å²) in [5, 5.41) is 18.4. The smallest absolute Gasteiger partial charge is 0.307 e. The second-order valence-corrected chi connectivity index (χ2v) is 14.9. The van der Waals surface area contributed by atoms with E-state index < -0.39 is 11.6 Å². The highest BCUT2D eigenvalue weighted by Crippen LogP contribution is 2.42. The summed E-state index contributed by atoms with van der Waals surface area (Å²) in [5.41, 5.74) is 10.0. The molecule has 0 aliphatic carbocycles. The molecule has 2 aromatic carbocycles. The van der Waals surface area contributed by atoms with Crippen molar-refractivity contribution < 1.29 is 24.1 Å². The predicted molar refractivity (Wildman–Crippen MR) is 187 cm³/mol. The fourth-order valence-electron chi connectivity index (χ4n) is 6.42. The molecule has 1 saturated heterocycles. The lowest BCUT2D eigenvalue weighted by atomic mass is 9.81. The summed E-state index contributed by atoms with van der Waals surface area (Å²) in [7, 11) is 0. The van der Waals surface area contributed by atoms with Crippen LogP contribution >= 0.6 is 0 Å². The van der Waals surface area contributed by atoms with E-state index in [9.17, 15) is 14.3 Å². The number of carbonyl (C=O) groups is 1. The quantitative estimate of drug-likeness (QED) is 0.247. The number of halogens is 1. The first kappa shape index (κ1) is 36.5. The molecule has 3 heterocycles. The van der Waals surface area contributed by atoms with Crippen molar-refractivity contribution in [1.29, 1.82) is 0 Å². The second kappa shape index (κ2) is 15.3. The summed E-state index contributed by atoms with van der Waals surface area (Å²) in [6.07, 6.45) is 2.96. The molecule has 256 valence electrons. The van der Waals surface area contributed by atoms with Gasteiger partial charge in [0, 0.05) is 56.2 Å². The Balaban J connectivity index is 0.000000930. The average Bonchev–Trinajstić information content (AvgIpc) is 2.97. The van der Waals surface area contributed by atoms with E-state index in [1.807, 2.05) is 26.8 Å². The maximum Gasteiger partial charge on any atom is 0.307 e. The zero-order valence-corrected chi connectivity index (χ0v) is 29.7. The minimum Gasteiger partial charge on any atom is -0.481 e. The Bertz CT molecular complexity index is 1550. The third kappa shape index (κ3) is 10.1. The zero-order chi connectivity index (χ0) is 34.5. The third-order valence-corrected chi connectivity index (χ3v) is 9.04. The van der Waals surface area contributed by atoms with Crippen LogP contribution in [0.4, 0.5) is 10.1 Å². The minimum atomic E-state index is -0.844. The highest BCUT2D eigenvalue weighted by molar-refractivity contribution is 5.87. The Morgan fingerprint density at radius 3 is 2.34 bits per heavy atom. The van der Waals surface area contributed by atoms with Crippen molar-refractivity contribution in [3.05, 3.63) is 81.4 Å². The molecule has 3 aromatic rings. The molecule has 1 aromatic heterocycles. The standard InChI is InChI=1S/C35H44FN3O3.C4H10O/c1-6-42-22-31-33(34(30(19-32(40)41)24(3)37-31)39-15-12-35(4,5)13-16-39)26-7-8-28-21-38(14-11-25(28)18-26)20-27-9-10-29(36)17-23(27)2;1-4(2,3)5/h7-10,17-18H,6,11-16,19-22H2,1-5H3,(H,40,41);5H,1-3H3. The Morgan fingerprint density at radius 1 is 1.04 bits per heavy atom. The maximum absolute atomic E-state index is 13.6. The van der Waals surface area contributed by atoms with Gasteiger partial charge in [-0.1, -0.05) is 38.1 Å². The van der Waals surface area contributed by atoms with Gasteiger partial charge in [0.1, 0.15) is 5.82 Å². The van der Waals surface area contributed by atoms with E-state index in [0.29, 0.717) is 13.2 Å². The number of pyridine rings is 1. The van der Waals surface area contributed by atoms with Gasteiger partial charge in [0.15, 0.2) is 0 Å². The molecule has 0 bridgehead atoms. The number of aromatic nitrogens is 1. The van der Waals surface area contributed by atoms with Crippen molar-refractivity contribution in [2.24, 2.45) is 5.41 Å².